The van der Waals surface area contributed by atoms with Gasteiger partial charge in [-0.15, -0.1) is 0 Å². The number of hydrogen-bond acceptors (Lipinski definition) is 4. The molecule has 1 heterocycles. The van der Waals surface area contributed by atoms with Crippen LogP contribution < -0.4 is 5.32 Å². The molecule has 0 aromatic carbocycles. The molecule has 2 amide bonds. The second kappa shape index (κ2) is 6.55. The number of likely N-dealkylation sites (N-methyl/N-ethyl adjacent to an activating group) is 1. The molecule has 2 unspecified atom stereocenters. The van der Waals surface area contributed by atoms with Crippen LogP contribution in [-0.2, 0) is 4.79 Å². The molecule has 7 heteroatoms. The fourth-order valence-electron chi connectivity index (χ4n) is 1.78. The molecule has 0 saturated carbocycles. The first-order valence-electron chi connectivity index (χ1n) is 6.05. The van der Waals surface area contributed by atoms with Crippen LogP contribution in [-0.4, -0.2) is 77.4 Å². The van der Waals surface area contributed by atoms with Crippen molar-refractivity contribution in [3.05, 3.63) is 0 Å². The Bertz CT molecular complexity index is 311. The molecule has 0 aromatic rings. The van der Waals surface area contributed by atoms with E-state index in [1.54, 1.807) is 4.90 Å². The normalized spacial score (nSPS) is 22.6. The van der Waals surface area contributed by atoms with Gasteiger partial charge in [-0.2, -0.15) is 0 Å². The highest BCUT2D eigenvalue weighted by Gasteiger charge is 2.24. The number of aliphatic hydroxyl groups excluding tert-OH is 1. The lowest BCUT2D eigenvalue weighted by Gasteiger charge is -2.37. The van der Waals surface area contributed by atoms with E-state index in [1.165, 1.54) is 0 Å². The summed E-state index contributed by atoms with van der Waals surface area (Å²) in [5, 5.41) is 20.2. The van der Waals surface area contributed by atoms with E-state index in [9.17, 15) is 9.59 Å². The number of aliphatic carboxylic acids is 1. The molecule has 1 aliphatic heterocycles. The van der Waals surface area contributed by atoms with Crippen LogP contribution in [0.5, 0.6) is 0 Å². The summed E-state index contributed by atoms with van der Waals surface area (Å²) in [6.07, 6.45) is -1.40. The van der Waals surface area contributed by atoms with Crippen molar-refractivity contribution < 1.29 is 19.8 Å². The maximum absolute atomic E-state index is 11.8. The van der Waals surface area contributed by atoms with Gasteiger partial charge in [0.1, 0.15) is 0 Å². The van der Waals surface area contributed by atoms with E-state index < -0.39 is 12.1 Å². The van der Waals surface area contributed by atoms with E-state index >= 15 is 0 Å². The van der Waals surface area contributed by atoms with E-state index in [2.05, 4.69) is 10.2 Å². The summed E-state index contributed by atoms with van der Waals surface area (Å²) in [6.45, 7) is 4.35. The molecular weight excluding hydrogens is 238 g/mol. The van der Waals surface area contributed by atoms with Crippen molar-refractivity contribution in [2.45, 2.75) is 25.5 Å². The van der Waals surface area contributed by atoms with Gasteiger partial charge >= 0.3 is 12.0 Å². The average Bonchev–Trinajstić information content (AvgIpc) is 2.32. The maximum Gasteiger partial charge on any atom is 0.332 e. The number of aliphatic hydroxyl groups is 1. The molecule has 18 heavy (non-hydrogen) atoms. The minimum Gasteiger partial charge on any atom is -0.479 e. The van der Waals surface area contributed by atoms with Crippen LogP contribution in [0.15, 0.2) is 0 Å². The van der Waals surface area contributed by atoms with Gasteiger partial charge in [0.05, 0.1) is 0 Å². The van der Waals surface area contributed by atoms with E-state index in [1.807, 2.05) is 14.0 Å². The molecule has 1 saturated heterocycles. The van der Waals surface area contributed by atoms with Gasteiger partial charge < -0.3 is 25.3 Å². The van der Waals surface area contributed by atoms with Crippen molar-refractivity contribution in [3.63, 3.8) is 0 Å². The van der Waals surface area contributed by atoms with Gasteiger partial charge in [-0.25, -0.2) is 9.59 Å². The summed E-state index contributed by atoms with van der Waals surface area (Å²) in [7, 11) is 2.02. The zero-order valence-corrected chi connectivity index (χ0v) is 10.8. The highest BCUT2D eigenvalue weighted by Crippen LogP contribution is 2.06. The molecule has 0 aromatic heterocycles. The Balaban J connectivity index is 2.27. The first-order valence-corrected chi connectivity index (χ1v) is 6.05. The van der Waals surface area contributed by atoms with Crippen LogP contribution in [0.1, 0.15) is 13.3 Å². The van der Waals surface area contributed by atoms with E-state index in [0.717, 1.165) is 6.54 Å². The summed E-state index contributed by atoms with van der Waals surface area (Å²) >= 11 is 0. The van der Waals surface area contributed by atoms with Gasteiger partial charge in [-0.05, 0) is 14.0 Å². The molecule has 1 aliphatic rings. The average molecular weight is 259 g/mol. The number of hydrogen-bond donors (Lipinski definition) is 3. The van der Waals surface area contributed by atoms with Gasteiger partial charge in [-0.3, -0.25) is 0 Å². The number of piperazine rings is 1. The number of rotatable bonds is 4. The second-order valence-electron chi connectivity index (χ2n) is 4.65. The number of carbonyl (C=O) groups excluding carboxylic acids is 1. The monoisotopic (exact) mass is 259 g/mol. The minimum atomic E-state index is -1.42. The van der Waals surface area contributed by atoms with E-state index in [0.29, 0.717) is 19.1 Å². The van der Waals surface area contributed by atoms with Crippen molar-refractivity contribution >= 4 is 12.0 Å². The molecule has 104 valence electrons. The largest absolute Gasteiger partial charge is 0.479 e. The minimum absolute atomic E-state index is 0.0182. The maximum atomic E-state index is 11.8. The highest BCUT2D eigenvalue weighted by molar-refractivity contribution is 5.75. The number of carboxylic acids is 1. The molecular formula is C11H21N3O4. The molecule has 0 spiro atoms. The Labute approximate surface area is 106 Å². The van der Waals surface area contributed by atoms with Crippen LogP contribution in [0.3, 0.4) is 0 Å². The summed E-state index contributed by atoms with van der Waals surface area (Å²) in [5.41, 5.74) is 0. The van der Waals surface area contributed by atoms with Crippen molar-refractivity contribution in [2.75, 3.05) is 33.2 Å². The number of urea groups is 1. The van der Waals surface area contributed by atoms with Crippen LogP contribution in [0, 0.1) is 0 Å². The summed E-state index contributed by atoms with van der Waals surface area (Å²) < 4.78 is 0. The zero-order chi connectivity index (χ0) is 13.7. The predicted molar refractivity (Wildman–Crippen MR) is 65.3 cm³/mol. The second-order valence-corrected chi connectivity index (χ2v) is 4.65. The van der Waals surface area contributed by atoms with Gasteiger partial charge in [0, 0.05) is 38.6 Å². The Morgan fingerprint density at radius 3 is 2.67 bits per heavy atom. The molecule has 7 nitrogen and oxygen atoms in total. The van der Waals surface area contributed by atoms with Crippen molar-refractivity contribution in [3.8, 4) is 0 Å². The molecule has 1 rings (SSSR count). The lowest BCUT2D eigenvalue weighted by Crippen LogP contribution is -2.54. The van der Waals surface area contributed by atoms with E-state index in [-0.39, 0.29) is 19.0 Å². The summed E-state index contributed by atoms with van der Waals surface area (Å²) in [6, 6.07) is 0.113. The van der Waals surface area contributed by atoms with Gasteiger partial charge in [0.25, 0.3) is 0 Å². The Kier molecular flexibility index (Phi) is 5.36. The van der Waals surface area contributed by atoms with Gasteiger partial charge in [-0.1, -0.05) is 0 Å². The fraction of sp³-hybridized carbons (Fsp3) is 0.818. The lowest BCUT2D eigenvalue weighted by atomic mass is 10.2. The number of carboxylic acid groups (broad SMARTS) is 1. The SMILES string of the molecule is CC1CN(C(=O)NCCC(O)C(=O)O)CCN1C. The van der Waals surface area contributed by atoms with Crippen molar-refractivity contribution in [1.29, 1.82) is 0 Å². The summed E-state index contributed by atoms with van der Waals surface area (Å²) in [4.78, 5) is 26.0. The van der Waals surface area contributed by atoms with E-state index in [4.69, 9.17) is 10.2 Å². The van der Waals surface area contributed by atoms with Crippen LogP contribution >= 0.6 is 0 Å². The standard InChI is InChI=1S/C11H21N3O4/c1-8-7-14(6-5-13(8)2)11(18)12-4-3-9(15)10(16)17/h8-9,15H,3-7H2,1-2H3,(H,12,18)(H,16,17). The van der Waals surface area contributed by atoms with Crippen LogP contribution in [0.25, 0.3) is 0 Å². The Morgan fingerprint density at radius 1 is 1.44 bits per heavy atom. The van der Waals surface area contributed by atoms with Crippen LogP contribution in [0.2, 0.25) is 0 Å². The lowest BCUT2D eigenvalue weighted by molar-refractivity contribution is -0.146. The van der Waals surface area contributed by atoms with Crippen molar-refractivity contribution in [2.24, 2.45) is 0 Å². The van der Waals surface area contributed by atoms with Gasteiger partial charge in [0.15, 0.2) is 6.10 Å². The molecule has 0 aliphatic carbocycles. The zero-order valence-electron chi connectivity index (χ0n) is 10.8. The highest BCUT2D eigenvalue weighted by atomic mass is 16.4. The van der Waals surface area contributed by atoms with Crippen LogP contribution in [0.4, 0.5) is 4.79 Å². The summed E-state index contributed by atoms with van der Waals surface area (Å²) in [5.74, 6) is -1.27. The number of nitrogens with zero attached hydrogens (tertiary/aromatic N) is 2. The Morgan fingerprint density at radius 2 is 2.11 bits per heavy atom. The molecule has 2 atom stereocenters. The first-order chi connectivity index (χ1) is 8.41. The third kappa shape index (κ3) is 4.15. The predicted octanol–water partition coefficient (Wildman–Crippen LogP) is -0.832. The number of amides is 2. The molecule has 3 N–H and O–H groups in total. The third-order valence-electron chi connectivity index (χ3n) is 3.23. The fourth-order valence-corrected chi connectivity index (χ4v) is 1.78. The third-order valence-corrected chi connectivity index (χ3v) is 3.23. The first kappa shape index (κ1) is 14.7. The topological polar surface area (TPSA) is 93.1 Å². The smallest absolute Gasteiger partial charge is 0.332 e. The molecule has 0 bridgehead atoms. The number of carbonyl (C=O) groups is 2. The molecule has 1 fully saturated rings. The molecule has 0 radical (unpaired) electrons. The van der Waals surface area contributed by atoms with Crippen molar-refractivity contribution in [1.82, 2.24) is 15.1 Å². The quantitative estimate of drug-likeness (QED) is 0.612. The Hall–Kier alpha value is -1.34. The number of nitrogens with one attached hydrogen (secondary N) is 1. The van der Waals surface area contributed by atoms with Gasteiger partial charge in [0.2, 0.25) is 0 Å².